The van der Waals surface area contributed by atoms with Crippen LogP contribution < -0.4 is 0 Å². The van der Waals surface area contributed by atoms with E-state index < -0.39 is 13.0 Å². The Morgan fingerprint density at radius 3 is 0.683 bits per heavy atom. The summed E-state index contributed by atoms with van der Waals surface area (Å²) >= 11 is 0. The van der Waals surface area contributed by atoms with Crippen LogP contribution in [0.15, 0.2) is 0 Å². The van der Waals surface area contributed by atoms with Gasteiger partial charge in [0.25, 0.3) is 0 Å². The summed E-state index contributed by atoms with van der Waals surface area (Å²) < 4.78 is 146. The number of hydrogen-bond donors (Lipinski definition) is 0. The lowest BCUT2D eigenvalue weighted by Gasteiger charge is -2.23. The van der Waals surface area contributed by atoms with Gasteiger partial charge in [-0.05, 0) is 199 Å². The molecule has 0 aromatic carbocycles. The van der Waals surface area contributed by atoms with Crippen molar-refractivity contribution in [3.05, 3.63) is 0 Å². The number of hydrogen-bond acceptors (Lipinski definition) is 20. The van der Waals surface area contributed by atoms with Gasteiger partial charge in [0.2, 0.25) is 0 Å². The Morgan fingerprint density at radius 2 is 0.604 bits per heavy atom. The first-order valence-electron chi connectivity index (χ1n) is 44.8. The molecule has 5 fully saturated rings. The van der Waals surface area contributed by atoms with Crippen molar-refractivity contribution < 1.29 is 117 Å². The van der Waals surface area contributed by atoms with Crippen molar-refractivity contribution in [1.29, 1.82) is 0 Å². The molecule has 0 aromatic heterocycles. The zero-order chi connectivity index (χ0) is 95.8. The maximum Gasteiger partial charge on any atom is 0.522 e. The molecule has 20 nitrogen and oxygen atoms in total. The fourth-order valence-corrected chi connectivity index (χ4v) is 7.11. The van der Waals surface area contributed by atoms with Gasteiger partial charge in [-0.2, -0.15) is 8.78 Å². The van der Waals surface area contributed by atoms with Gasteiger partial charge < -0.3 is 90.0 Å². The van der Waals surface area contributed by atoms with Gasteiger partial charge in [0, 0.05) is 209 Å². The van der Waals surface area contributed by atoms with Crippen LogP contribution in [0, 0.1) is 35.5 Å². The van der Waals surface area contributed by atoms with E-state index in [1.54, 1.807) is 135 Å². The van der Waals surface area contributed by atoms with Crippen LogP contribution >= 0.6 is 0 Å². The molecule has 0 spiro atoms. The molecule has 25 heteroatoms. The van der Waals surface area contributed by atoms with E-state index in [0.29, 0.717) is 67.8 Å². The highest BCUT2D eigenvalue weighted by Gasteiger charge is 2.26. The van der Waals surface area contributed by atoms with Gasteiger partial charge in [0.15, 0.2) is 0 Å². The molecule has 0 amide bonds. The van der Waals surface area contributed by atoms with Crippen LogP contribution in [0.1, 0.15) is 467 Å². The Hall–Kier alpha value is -1.15. The Kier molecular flexibility index (Phi) is 396. The van der Waals surface area contributed by atoms with Gasteiger partial charge >= 0.3 is 13.0 Å². The largest absolute Gasteiger partial charge is 0.522 e. The van der Waals surface area contributed by atoms with Crippen LogP contribution in [0.5, 0.6) is 0 Å². The molecule has 5 aliphatic carbocycles. The molecule has 4 atom stereocenters. The lowest BCUT2D eigenvalue weighted by molar-refractivity contribution is -0.311. The summed E-state index contributed by atoms with van der Waals surface area (Å²) in [6.45, 7) is 50.0. The number of methoxy groups -OCH3 is 20. The standard InChI is InChI=1S/2C6H12O.6C6H14O.2C5H10O.3C5H12O.C4H8O.2C4H10O.C3H8O.C2H3F3O.C2H4F2O.C2H6O.20CH4/c1-7-5-6-3-2-4-6;1-7-6-4-2-3-5-6;1-6(2)4-5-7-3;1-5(2)6(3)7-4;1-4-6(2)5-7-3;1-4-5-6(2)7-3;1-4-6(5-2)7-3;1-3-4-5-6-7-2;1-6-4-5-2-3-5;1-6-5-3-2-4-5;1-5(2)4-6-3;1-4-5(2)6-3;1-3-4-5-6-2;1-5-4-2-3-4;1-4(2)5-3;1-3-4-5-2;1-3-4-2;1-6-2(3,4)5;1-5-2(3)4;1-3-2;;;;;;;;;;;;;;;;;;;;/h2*6H,2-5H2,1H3;6H,4-5H2,1-3H3;5-6H,1-4H3;3*6H,4-5H2,1-3H3;3-6H2,1-2H3;2*5H,2-4H2,1H3;2*5H,4H2,1-3H3;3-5H2,1-2H3;4H,2-3H2,1H3;4H,1-3H3;3-4H2,1-2H3;3H2,1-2H3;1H3;2H,1H3;1-2H3;20*1H4. The Morgan fingerprint density at radius 1 is 0.288 bits per heavy atom. The number of alkyl halides is 5. The Bertz CT molecular complexity index is 1440. The van der Waals surface area contributed by atoms with E-state index in [-0.39, 0.29) is 149 Å². The summed E-state index contributed by atoms with van der Waals surface area (Å²) in [6, 6.07) is 0. The van der Waals surface area contributed by atoms with Crippen LogP contribution in [-0.4, -0.2) is 271 Å². The average molecular weight is 2080 g/mol. The minimum atomic E-state index is -4.46. The molecule has 4 unspecified atom stereocenters. The third-order valence-corrected chi connectivity index (χ3v) is 17.0. The molecule has 0 N–H and O–H groups in total. The van der Waals surface area contributed by atoms with Crippen molar-refractivity contribution in [3.63, 3.8) is 0 Å². The van der Waals surface area contributed by atoms with E-state index in [1.807, 2.05) is 20.8 Å². The Balaban J connectivity index is -0.0000000247. The lowest BCUT2D eigenvalue weighted by Crippen LogP contribution is -2.18. The molecule has 139 heavy (non-hydrogen) atoms. The number of halogens is 5. The van der Waals surface area contributed by atoms with Crippen molar-refractivity contribution in [2.45, 2.75) is 529 Å². The minimum absolute atomic E-state index is 0. The van der Waals surface area contributed by atoms with Crippen molar-refractivity contribution in [2.75, 3.05) is 209 Å². The summed E-state index contributed by atoms with van der Waals surface area (Å²) in [5, 5.41) is 0. The van der Waals surface area contributed by atoms with Crippen molar-refractivity contribution in [2.24, 2.45) is 35.5 Å². The molecule has 5 saturated carbocycles. The SMILES string of the molecule is C.C.C.C.C.C.C.C.C.C.C.C.C.C.C.C.C.C.C.C.CCC(C)COC.CCC(C)OC.CCC(CC)OC.CCCC(C)OC.CCCCCOC.CCCCOC.CCCOC.CCOC.COC.COC(C)C.COC(C)C(C)C.COC(F)(F)F.COC(F)F.COC1CC1.COC1CCC1.COC1CCCC1.COCC(C)C.COCC1CC1.COCC1CCC1.COCCC(C)C. The smallest absolute Gasteiger partial charge is 0.388 e. The van der Waals surface area contributed by atoms with Crippen LogP contribution in [-0.2, 0) is 94.7 Å². The molecule has 0 radical (unpaired) electrons. The monoisotopic (exact) mass is 2080 g/mol. The number of rotatable bonds is 37. The second-order valence-corrected chi connectivity index (χ2v) is 30.1. The highest BCUT2D eigenvalue weighted by Crippen LogP contribution is 2.28. The molecule has 904 valence electrons. The summed E-state index contributed by atoms with van der Waals surface area (Å²) in [4.78, 5) is 0. The molecular formula is C114H293F5O20. The summed E-state index contributed by atoms with van der Waals surface area (Å²) in [7, 11) is 34.4. The van der Waals surface area contributed by atoms with Gasteiger partial charge in [-0.3, -0.25) is 4.74 Å². The molecule has 0 heterocycles. The molecule has 0 aromatic rings. The first-order valence-corrected chi connectivity index (χ1v) is 44.8. The van der Waals surface area contributed by atoms with Crippen molar-refractivity contribution in [1.82, 2.24) is 0 Å². The predicted molar refractivity (Wildman–Crippen MR) is 632 cm³/mol. The molecule has 5 rings (SSSR count). The van der Waals surface area contributed by atoms with Crippen LogP contribution in [0.2, 0.25) is 0 Å². The minimum Gasteiger partial charge on any atom is -0.388 e. The number of ether oxygens (including phenoxy) is 20. The van der Waals surface area contributed by atoms with Gasteiger partial charge in [0.05, 0.1) is 48.8 Å². The molecule has 0 aliphatic heterocycles. The van der Waals surface area contributed by atoms with Crippen LogP contribution in [0.25, 0.3) is 0 Å². The van der Waals surface area contributed by atoms with Crippen molar-refractivity contribution >= 4 is 0 Å². The normalized spacial score (nSPS) is 12.1. The first-order chi connectivity index (χ1) is 56.3. The molecular weight excluding hydrogens is 1780 g/mol. The second kappa shape index (κ2) is 225. The summed E-state index contributed by atoms with van der Waals surface area (Å²) in [5.41, 5.74) is 0. The third-order valence-electron chi connectivity index (χ3n) is 17.0. The fourth-order valence-electron chi connectivity index (χ4n) is 7.11. The molecule has 0 bridgehead atoms. The Labute approximate surface area is 885 Å². The maximum atomic E-state index is 10.6. The second-order valence-electron chi connectivity index (χ2n) is 30.1. The highest BCUT2D eigenvalue weighted by molar-refractivity contribution is 4.72. The van der Waals surface area contributed by atoms with Gasteiger partial charge in [0.1, 0.15) is 0 Å². The van der Waals surface area contributed by atoms with E-state index in [0.717, 1.165) is 116 Å². The summed E-state index contributed by atoms with van der Waals surface area (Å²) in [6.07, 6.45) is 33.9. The lowest BCUT2D eigenvalue weighted by atomic mass is 9.86. The van der Waals surface area contributed by atoms with E-state index in [2.05, 4.69) is 144 Å². The molecule has 5 aliphatic rings. The molecule has 0 saturated heterocycles. The highest BCUT2D eigenvalue weighted by atomic mass is 19.4. The zero-order valence-electron chi connectivity index (χ0n) is 86.7. The van der Waals surface area contributed by atoms with Crippen LogP contribution in [0.3, 0.4) is 0 Å². The quantitative estimate of drug-likeness (QED) is 0.0422. The van der Waals surface area contributed by atoms with Crippen molar-refractivity contribution in [3.8, 4) is 0 Å². The third kappa shape index (κ3) is 338. The van der Waals surface area contributed by atoms with Gasteiger partial charge in [-0.1, -0.05) is 304 Å². The first kappa shape index (κ1) is 244. The summed E-state index contributed by atoms with van der Waals surface area (Å²) in [5.74, 6) is 4.66. The van der Waals surface area contributed by atoms with E-state index in [1.165, 1.54) is 148 Å². The van der Waals surface area contributed by atoms with E-state index in [4.69, 9.17) is 75.8 Å². The number of unbranched alkanes of at least 4 members (excludes halogenated alkanes) is 3. The van der Waals surface area contributed by atoms with E-state index in [9.17, 15) is 22.0 Å². The average Bonchev–Trinajstić information content (AvgIpc) is 1.91. The fraction of sp³-hybridized carbons (Fsp3) is 1.00. The van der Waals surface area contributed by atoms with Gasteiger partial charge in [-0.25, -0.2) is 0 Å². The van der Waals surface area contributed by atoms with Gasteiger partial charge in [-0.15, -0.1) is 13.2 Å². The zero-order valence-corrected chi connectivity index (χ0v) is 86.7. The topological polar surface area (TPSA) is 185 Å². The van der Waals surface area contributed by atoms with Crippen LogP contribution in [0.4, 0.5) is 22.0 Å². The predicted octanol–water partition coefficient (Wildman–Crippen LogP) is 38.4. The van der Waals surface area contributed by atoms with E-state index >= 15 is 0 Å². The maximum absolute atomic E-state index is 10.6.